The first-order valence-corrected chi connectivity index (χ1v) is 8.52. The second-order valence-corrected chi connectivity index (χ2v) is 6.87. The molecule has 4 N–H and O–H groups in total. The average molecular weight is 315 g/mol. The Labute approximate surface area is 124 Å². The number of carbonyl (C=O) groups is 1. The fourth-order valence-corrected chi connectivity index (χ4v) is 2.98. The highest BCUT2D eigenvalue weighted by Gasteiger charge is 2.24. The largest absolute Gasteiger partial charge is 0.381 e. The van der Waals surface area contributed by atoms with E-state index in [-0.39, 0.29) is 35.6 Å². The van der Waals surface area contributed by atoms with E-state index in [1.54, 1.807) is 0 Å². The Balaban J connectivity index is 1.89. The number of sulfonamides is 1. The molecule has 9 heteroatoms. The highest BCUT2D eigenvalue weighted by atomic mass is 32.2. The summed E-state index contributed by atoms with van der Waals surface area (Å²) in [5.74, 6) is -0.173. The van der Waals surface area contributed by atoms with Crippen LogP contribution in [-0.4, -0.2) is 36.7 Å². The number of nitrogens with zero attached hydrogens (tertiary/aromatic N) is 2. The van der Waals surface area contributed by atoms with Crippen LogP contribution in [0.3, 0.4) is 0 Å². The number of hydrogen-bond acceptors (Lipinski definition) is 5. The lowest BCUT2D eigenvalue weighted by Crippen LogP contribution is -2.31. The number of nitrogens with two attached hydrogens (primary N) is 1. The van der Waals surface area contributed by atoms with Gasteiger partial charge in [-0.15, -0.1) is 0 Å². The molecule has 0 bridgehead atoms. The van der Waals surface area contributed by atoms with Crippen LogP contribution in [0.15, 0.2) is 11.1 Å². The summed E-state index contributed by atoms with van der Waals surface area (Å²) in [4.78, 5) is 11.4. The average Bonchev–Trinajstić information content (AvgIpc) is 3.11. The predicted octanol–water partition coefficient (Wildman–Crippen LogP) is -0.178. The Morgan fingerprint density at radius 3 is 2.86 bits per heavy atom. The van der Waals surface area contributed by atoms with Crippen LogP contribution >= 0.6 is 0 Å². The van der Waals surface area contributed by atoms with Gasteiger partial charge in [0.25, 0.3) is 0 Å². The Hall–Kier alpha value is -1.61. The number of hydrogen-bond donors (Lipinski definition) is 3. The molecule has 0 unspecified atom stereocenters. The molecule has 0 spiro atoms. The molecule has 1 aromatic rings. The van der Waals surface area contributed by atoms with Gasteiger partial charge in [-0.3, -0.25) is 9.48 Å². The molecule has 1 heterocycles. The number of aromatic nitrogens is 2. The van der Waals surface area contributed by atoms with E-state index < -0.39 is 10.0 Å². The minimum absolute atomic E-state index is 0.0293. The molecule has 21 heavy (non-hydrogen) atoms. The van der Waals surface area contributed by atoms with Crippen molar-refractivity contribution in [3.05, 3.63) is 6.20 Å². The number of nitrogen functional groups attached to an aromatic ring is 1. The van der Waals surface area contributed by atoms with Gasteiger partial charge in [-0.2, -0.15) is 5.10 Å². The molecule has 1 amide bonds. The minimum atomic E-state index is -3.74. The Morgan fingerprint density at radius 1 is 1.52 bits per heavy atom. The lowest BCUT2D eigenvalue weighted by molar-refractivity contribution is -0.121. The van der Waals surface area contributed by atoms with E-state index in [0.717, 1.165) is 19.3 Å². The number of anilines is 1. The molecule has 2 rings (SSSR count). The van der Waals surface area contributed by atoms with Gasteiger partial charge in [0.15, 0.2) is 5.82 Å². The molecule has 1 aliphatic rings. The second kappa shape index (κ2) is 6.44. The minimum Gasteiger partial charge on any atom is -0.381 e. The van der Waals surface area contributed by atoms with Crippen LogP contribution in [0, 0.1) is 0 Å². The van der Waals surface area contributed by atoms with Crippen molar-refractivity contribution in [1.82, 2.24) is 19.8 Å². The molecule has 0 radical (unpaired) electrons. The fraction of sp³-hybridized carbons (Fsp3) is 0.667. The highest BCUT2D eigenvalue weighted by molar-refractivity contribution is 7.89. The first kappa shape index (κ1) is 15.8. The summed E-state index contributed by atoms with van der Waals surface area (Å²) in [5.41, 5.74) is 5.63. The molecule has 8 nitrogen and oxygen atoms in total. The van der Waals surface area contributed by atoms with Crippen LogP contribution in [-0.2, 0) is 21.4 Å². The van der Waals surface area contributed by atoms with Crippen LogP contribution in [0.4, 0.5) is 5.82 Å². The summed E-state index contributed by atoms with van der Waals surface area (Å²) >= 11 is 0. The van der Waals surface area contributed by atoms with E-state index in [2.05, 4.69) is 15.1 Å². The van der Waals surface area contributed by atoms with Crippen molar-refractivity contribution in [3.8, 4) is 0 Å². The van der Waals surface area contributed by atoms with Crippen molar-refractivity contribution in [3.63, 3.8) is 0 Å². The van der Waals surface area contributed by atoms with E-state index in [1.807, 2.05) is 6.92 Å². The van der Waals surface area contributed by atoms with Gasteiger partial charge in [0.05, 0.1) is 0 Å². The van der Waals surface area contributed by atoms with Crippen molar-refractivity contribution in [1.29, 1.82) is 0 Å². The molecule has 1 saturated carbocycles. The van der Waals surface area contributed by atoms with E-state index in [4.69, 9.17) is 5.73 Å². The molecular weight excluding hydrogens is 294 g/mol. The summed E-state index contributed by atoms with van der Waals surface area (Å²) in [5, 5.41) is 6.75. The summed E-state index contributed by atoms with van der Waals surface area (Å²) in [6.07, 6.45) is 4.36. The van der Waals surface area contributed by atoms with Gasteiger partial charge < -0.3 is 11.1 Å². The maximum absolute atomic E-state index is 12.1. The van der Waals surface area contributed by atoms with Gasteiger partial charge >= 0.3 is 0 Å². The zero-order chi connectivity index (χ0) is 15.5. The summed E-state index contributed by atoms with van der Waals surface area (Å²) in [6, 6.07) is 0.275. The van der Waals surface area contributed by atoms with Crippen LogP contribution in [0.1, 0.15) is 32.6 Å². The predicted molar refractivity (Wildman–Crippen MR) is 77.9 cm³/mol. The number of carbonyl (C=O) groups excluding carboxylic acids is 1. The maximum atomic E-state index is 12.1. The van der Waals surface area contributed by atoms with Gasteiger partial charge in [0, 0.05) is 31.7 Å². The third-order valence-corrected chi connectivity index (χ3v) is 4.56. The van der Waals surface area contributed by atoms with Crippen molar-refractivity contribution < 1.29 is 13.2 Å². The maximum Gasteiger partial charge on any atom is 0.245 e. The van der Waals surface area contributed by atoms with Gasteiger partial charge in [0.2, 0.25) is 15.9 Å². The molecule has 118 valence electrons. The molecule has 1 aromatic heterocycles. The molecule has 0 atom stereocenters. The normalized spacial score (nSPS) is 15.1. The van der Waals surface area contributed by atoms with Gasteiger partial charge in [-0.1, -0.05) is 6.92 Å². The Kier molecular flexibility index (Phi) is 4.84. The van der Waals surface area contributed by atoms with Crippen molar-refractivity contribution in [2.24, 2.45) is 0 Å². The molecule has 0 saturated heterocycles. The van der Waals surface area contributed by atoms with E-state index >= 15 is 0 Å². The fourth-order valence-electron chi connectivity index (χ4n) is 1.87. The lowest BCUT2D eigenvalue weighted by Gasteiger charge is -2.06. The lowest BCUT2D eigenvalue weighted by atomic mass is 10.4. The standard InChI is InChI=1S/C12H21N5O3S/c1-2-7-17-8-10(12(13)16-17)21(19,20)14-6-5-11(18)15-9-3-4-9/h8-9,14H,2-7H2,1H3,(H2,13,16)(H,15,18). The first-order chi connectivity index (χ1) is 9.92. The van der Waals surface area contributed by atoms with Crippen LogP contribution in [0.5, 0.6) is 0 Å². The molecule has 1 fully saturated rings. The van der Waals surface area contributed by atoms with E-state index in [9.17, 15) is 13.2 Å². The van der Waals surface area contributed by atoms with E-state index in [1.165, 1.54) is 10.9 Å². The van der Waals surface area contributed by atoms with Crippen LogP contribution in [0.25, 0.3) is 0 Å². The zero-order valence-electron chi connectivity index (χ0n) is 12.0. The summed E-state index contributed by atoms with van der Waals surface area (Å²) < 4.78 is 28.1. The number of rotatable bonds is 8. The topological polar surface area (TPSA) is 119 Å². The summed E-state index contributed by atoms with van der Waals surface area (Å²) in [6.45, 7) is 2.60. The molecule has 0 aliphatic heterocycles. The third-order valence-electron chi connectivity index (χ3n) is 3.08. The molecular formula is C12H21N5O3S. The molecule has 0 aromatic carbocycles. The first-order valence-electron chi connectivity index (χ1n) is 7.04. The van der Waals surface area contributed by atoms with Crippen molar-refractivity contribution in [2.45, 2.75) is 50.1 Å². The van der Waals surface area contributed by atoms with Crippen LogP contribution in [0.2, 0.25) is 0 Å². The van der Waals surface area contributed by atoms with E-state index in [0.29, 0.717) is 6.54 Å². The monoisotopic (exact) mass is 315 g/mol. The quantitative estimate of drug-likeness (QED) is 0.615. The van der Waals surface area contributed by atoms with Crippen molar-refractivity contribution in [2.75, 3.05) is 12.3 Å². The van der Waals surface area contributed by atoms with Gasteiger partial charge in [0.1, 0.15) is 4.90 Å². The number of amides is 1. The third kappa shape index (κ3) is 4.43. The van der Waals surface area contributed by atoms with Crippen molar-refractivity contribution >= 4 is 21.7 Å². The van der Waals surface area contributed by atoms with Gasteiger partial charge in [-0.25, -0.2) is 13.1 Å². The highest BCUT2D eigenvalue weighted by Crippen LogP contribution is 2.18. The Morgan fingerprint density at radius 2 is 2.24 bits per heavy atom. The SMILES string of the molecule is CCCn1cc(S(=O)(=O)NCCC(=O)NC2CC2)c(N)n1. The number of aryl methyl sites for hydroxylation is 1. The van der Waals surface area contributed by atoms with Gasteiger partial charge in [-0.05, 0) is 19.3 Å². The zero-order valence-corrected chi connectivity index (χ0v) is 12.8. The summed E-state index contributed by atoms with van der Waals surface area (Å²) in [7, 11) is -3.74. The second-order valence-electron chi connectivity index (χ2n) is 5.13. The Bertz CT molecular complexity index is 606. The smallest absolute Gasteiger partial charge is 0.245 e. The number of nitrogens with one attached hydrogen (secondary N) is 2. The van der Waals surface area contributed by atoms with Crippen LogP contribution < -0.4 is 15.8 Å². The molecule has 1 aliphatic carbocycles.